The Kier molecular flexibility index (Phi) is 25.0. The molecule has 17 heteroatoms. The second-order valence-electron chi connectivity index (χ2n) is 24.0. The number of methoxy groups -OCH3 is 2. The summed E-state index contributed by atoms with van der Waals surface area (Å²) in [6, 6.07) is 83.5. The molecular weight excluding hydrogens is 1390 g/mol. The Morgan fingerprint density at radius 1 is 0.327 bits per heavy atom. The second kappa shape index (κ2) is 36.1. The van der Waals surface area contributed by atoms with Crippen LogP contribution in [-0.4, -0.2) is 32.1 Å². The molecule has 0 saturated heterocycles. The van der Waals surface area contributed by atoms with E-state index in [1.165, 1.54) is 55.6 Å². The monoisotopic (exact) mass is 1460 g/mol. The highest BCUT2D eigenvalue weighted by Gasteiger charge is 2.41. The van der Waals surface area contributed by atoms with E-state index in [-0.39, 0.29) is 132 Å². The predicted octanol–water partition coefficient (Wildman–Crippen LogP) is 19.7. The van der Waals surface area contributed by atoms with Gasteiger partial charge in [-0.2, -0.15) is 0 Å². The summed E-state index contributed by atoms with van der Waals surface area (Å²) in [5.41, 5.74) is 6.65. The van der Waals surface area contributed by atoms with Gasteiger partial charge in [-0.05, 0) is 127 Å². The molecule has 2 unspecified atom stereocenters. The van der Waals surface area contributed by atoms with E-state index in [0.717, 1.165) is 33.4 Å². The minimum atomic E-state index is -2.00. The molecule has 0 N–H and O–H groups in total. The van der Waals surface area contributed by atoms with Gasteiger partial charge in [0.2, 0.25) is 17.3 Å². The van der Waals surface area contributed by atoms with Crippen molar-refractivity contribution in [3.63, 3.8) is 0 Å². The third-order valence-corrected chi connectivity index (χ3v) is 17.4. The van der Waals surface area contributed by atoms with Crippen molar-refractivity contribution < 1.29 is 75.2 Å². The van der Waals surface area contributed by atoms with Crippen LogP contribution < -0.4 is 47.4 Å². The molecule has 12 rings (SSSR count). The zero-order valence-electron chi connectivity index (χ0n) is 57.0. The van der Waals surface area contributed by atoms with E-state index in [0.29, 0.717) is 22.4 Å². The van der Waals surface area contributed by atoms with Crippen LogP contribution in [0.15, 0.2) is 290 Å². The first-order chi connectivity index (χ1) is 51.0. The van der Waals surface area contributed by atoms with E-state index in [2.05, 4.69) is 15.9 Å². The van der Waals surface area contributed by atoms with Gasteiger partial charge >= 0.3 is 5.97 Å². The molecule has 0 fully saturated rings. The molecule has 0 radical (unpaired) electrons. The largest absolute Gasteiger partial charge is 0.497 e. The van der Waals surface area contributed by atoms with Gasteiger partial charge in [0.05, 0.1) is 18.2 Å². The lowest BCUT2D eigenvalue weighted by atomic mass is 9.94. The maximum absolute atomic E-state index is 16.9. The van der Waals surface area contributed by atoms with Crippen molar-refractivity contribution in [3.05, 3.63) is 368 Å². The van der Waals surface area contributed by atoms with Gasteiger partial charge in [0.25, 0.3) is 0 Å². The summed E-state index contributed by atoms with van der Waals surface area (Å²) in [5.74, 6) is -1.10. The standard InChI is InChI=1S/C87H73BrF2O14/c1-93-72-43-37-67(38-44-72)58-103-84-79(73(95-54-65-33-39-70(89)40-34-65)49-74(80(84)88)96-55-66-35-41-71(90)42-36-66)85(94-2)86(81(91)68-45-75(97-50-59-21-9-3-10-22-59)82(101-56-63-29-17-7-18-30-63)76(46-68)98-51-60-23-11-4-12-24-60)104-87(92)69-47-77(99-52-61-25-13-5-14-26-61)83(102-57-64-31-19-8-20-32-64)78(48-69)100-53-62-27-15-6-16-28-62/h3-49,85-86H,50-58H2,1-2H3. The molecule has 0 heterocycles. The number of carbonyl (C=O) groups is 2. The van der Waals surface area contributed by atoms with Crippen LogP contribution in [-0.2, 0) is 68.9 Å². The summed E-state index contributed by atoms with van der Waals surface area (Å²) >= 11 is 3.85. The summed E-state index contributed by atoms with van der Waals surface area (Å²) in [6.45, 7) is -0.0385. The van der Waals surface area contributed by atoms with Crippen LogP contribution in [0.1, 0.15) is 82.5 Å². The number of ether oxygens (including phenoxy) is 12. The van der Waals surface area contributed by atoms with Crippen LogP contribution in [0, 0.1) is 11.6 Å². The molecular formula is C87H73BrF2O14. The van der Waals surface area contributed by atoms with E-state index in [1.54, 1.807) is 49.6 Å². The number of rotatable bonds is 35. The fourth-order valence-corrected chi connectivity index (χ4v) is 11.7. The quantitative estimate of drug-likeness (QED) is 0.0274. The predicted molar refractivity (Wildman–Crippen MR) is 394 cm³/mol. The molecule has 526 valence electrons. The lowest BCUT2D eigenvalue weighted by Crippen LogP contribution is -2.35. The summed E-state index contributed by atoms with van der Waals surface area (Å²) in [5, 5.41) is 0. The highest BCUT2D eigenvalue weighted by Crippen LogP contribution is 2.50. The first-order valence-corrected chi connectivity index (χ1v) is 34.3. The number of ketones is 1. The number of Topliss-reactive ketones (excluding diaryl/α,β-unsaturated/α-hetero) is 1. The molecule has 2 atom stereocenters. The highest BCUT2D eigenvalue weighted by atomic mass is 79.9. The van der Waals surface area contributed by atoms with Crippen molar-refractivity contribution in [3.8, 4) is 57.5 Å². The summed E-state index contributed by atoms with van der Waals surface area (Å²) in [4.78, 5) is 33.0. The van der Waals surface area contributed by atoms with Gasteiger partial charge in [-0.25, -0.2) is 13.6 Å². The molecule has 0 amide bonds. The number of hydrogen-bond donors (Lipinski definition) is 0. The summed E-state index contributed by atoms with van der Waals surface area (Å²) < 4.78 is 109. The lowest BCUT2D eigenvalue weighted by Gasteiger charge is -2.30. The van der Waals surface area contributed by atoms with Crippen LogP contribution in [0.5, 0.6) is 57.5 Å². The van der Waals surface area contributed by atoms with Gasteiger partial charge in [-0.3, -0.25) is 4.79 Å². The number of carbonyl (C=O) groups excluding carboxylic acids is 2. The Bertz CT molecular complexity index is 4610. The average Bonchev–Trinajstić information content (AvgIpc) is 0.758. The zero-order chi connectivity index (χ0) is 71.8. The molecule has 0 saturated carbocycles. The minimum Gasteiger partial charge on any atom is -0.497 e. The van der Waals surface area contributed by atoms with Crippen molar-refractivity contribution in [1.82, 2.24) is 0 Å². The van der Waals surface area contributed by atoms with Crippen molar-refractivity contribution >= 4 is 27.7 Å². The van der Waals surface area contributed by atoms with Gasteiger partial charge in [-0.15, -0.1) is 0 Å². The lowest BCUT2D eigenvalue weighted by molar-refractivity contribution is -0.0288. The number of esters is 1. The molecule has 0 aliphatic heterocycles. The Balaban J connectivity index is 1.05. The third-order valence-electron chi connectivity index (χ3n) is 16.6. The normalized spacial score (nSPS) is 11.5. The minimum absolute atomic E-state index is 0.0219. The molecule has 104 heavy (non-hydrogen) atoms. The van der Waals surface area contributed by atoms with Crippen molar-refractivity contribution in [2.45, 2.75) is 71.7 Å². The van der Waals surface area contributed by atoms with Crippen molar-refractivity contribution in [2.75, 3.05) is 14.2 Å². The molecule has 0 bridgehead atoms. The van der Waals surface area contributed by atoms with Crippen molar-refractivity contribution in [2.24, 2.45) is 0 Å². The maximum Gasteiger partial charge on any atom is 0.339 e. The topological polar surface area (TPSA) is 145 Å². The number of benzene rings is 12. The Morgan fingerprint density at radius 2 is 0.615 bits per heavy atom. The first kappa shape index (κ1) is 71.9. The van der Waals surface area contributed by atoms with Gasteiger partial charge in [0, 0.05) is 18.7 Å². The maximum atomic E-state index is 16.9. The highest BCUT2D eigenvalue weighted by molar-refractivity contribution is 9.10. The SMILES string of the molecule is COc1ccc(COc2c(Br)c(OCc3ccc(F)cc3)cc(OCc3ccc(F)cc3)c2C(OC)C(OC(=O)c2cc(OCc3ccccc3)c(OCc3ccccc3)c(OCc3ccccc3)c2)C(=O)c2cc(OCc3ccccc3)c(OCc3ccccc3)c(OCc3ccccc3)c2)cc1. The van der Waals surface area contributed by atoms with Gasteiger partial charge in [0.15, 0.2) is 29.1 Å². The fourth-order valence-electron chi connectivity index (χ4n) is 11.1. The summed E-state index contributed by atoms with van der Waals surface area (Å²) in [6.07, 6.45) is -3.67. The molecule has 0 aliphatic rings. The third kappa shape index (κ3) is 19.6. The van der Waals surface area contributed by atoms with Gasteiger partial charge < -0.3 is 56.8 Å². The molecule has 12 aromatic carbocycles. The molecule has 14 nitrogen and oxygen atoms in total. The molecule has 0 spiro atoms. The van der Waals surface area contributed by atoms with Crippen LogP contribution in [0.2, 0.25) is 0 Å². The van der Waals surface area contributed by atoms with E-state index < -0.39 is 35.6 Å². The molecule has 12 aromatic rings. The Labute approximate surface area is 610 Å². The van der Waals surface area contributed by atoms with Crippen LogP contribution in [0.25, 0.3) is 0 Å². The van der Waals surface area contributed by atoms with Crippen molar-refractivity contribution in [1.29, 1.82) is 0 Å². The number of hydrogen-bond acceptors (Lipinski definition) is 14. The average molecular weight is 1460 g/mol. The van der Waals surface area contributed by atoms with E-state index in [1.807, 2.05) is 194 Å². The van der Waals surface area contributed by atoms with Gasteiger partial charge in [0.1, 0.15) is 105 Å². The second-order valence-corrected chi connectivity index (χ2v) is 24.8. The van der Waals surface area contributed by atoms with Gasteiger partial charge in [-0.1, -0.05) is 218 Å². The van der Waals surface area contributed by atoms with E-state index >= 15 is 9.59 Å². The Hall–Kier alpha value is -11.9. The number of halogens is 3. The van der Waals surface area contributed by atoms with Crippen LogP contribution in [0.3, 0.4) is 0 Å². The van der Waals surface area contributed by atoms with E-state index in [4.69, 9.17) is 56.8 Å². The van der Waals surface area contributed by atoms with Crippen LogP contribution >= 0.6 is 15.9 Å². The smallest absolute Gasteiger partial charge is 0.339 e. The summed E-state index contributed by atoms with van der Waals surface area (Å²) in [7, 11) is 2.92. The Morgan fingerprint density at radius 3 is 0.952 bits per heavy atom. The fraction of sp³-hybridized carbons (Fsp3) is 0.149. The van der Waals surface area contributed by atoms with Crippen LogP contribution in [0.4, 0.5) is 8.78 Å². The zero-order valence-corrected chi connectivity index (χ0v) is 58.6. The molecule has 0 aliphatic carbocycles. The first-order valence-electron chi connectivity index (χ1n) is 33.5. The van der Waals surface area contributed by atoms with E-state index in [9.17, 15) is 8.78 Å². The molecule has 0 aromatic heterocycles.